The fraction of sp³-hybridized carbons (Fsp3) is 1.00. The lowest BCUT2D eigenvalue weighted by atomic mass is 10.0. The van der Waals surface area contributed by atoms with E-state index in [0.29, 0.717) is 5.54 Å². The van der Waals surface area contributed by atoms with E-state index in [1.54, 1.807) is 0 Å². The van der Waals surface area contributed by atoms with Crippen LogP contribution in [0.3, 0.4) is 0 Å². The standard InChI is InChI=1S/C6H13NS/c1-6(7-2)3-4-8-5-6/h7H,3-5H2,1-2H3. The number of hydrogen-bond donors (Lipinski definition) is 1. The number of hydrogen-bond acceptors (Lipinski definition) is 2. The fourth-order valence-electron chi connectivity index (χ4n) is 0.864. The van der Waals surface area contributed by atoms with Gasteiger partial charge in [-0.25, -0.2) is 0 Å². The molecule has 1 rings (SSSR count). The van der Waals surface area contributed by atoms with Gasteiger partial charge in [-0.2, -0.15) is 11.8 Å². The summed E-state index contributed by atoms with van der Waals surface area (Å²) in [5.74, 6) is 2.61. The number of rotatable bonds is 1. The van der Waals surface area contributed by atoms with Gasteiger partial charge >= 0.3 is 0 Å². The minimum absolute atomic E-state index is 0.449. The zero-order valence-electron chi connectivity index (χ0n) is 5.53. The monoisotopic (exact) mass is 131 g/mol. The van der Waals surface area contributed by atoms with Crippen LogP contribution in [-0.2, 0) is 0 Å². The molecule has 1 nitrogen and oxygen atoms in total. The third-order valence-electron chi connectivity index (χ3n) is 1.82. The molecule has 1 unspecified atom stereocenters. The molecule has 0 aromatic rings. The van der Waals surface area contributed by atoms with Crippen molar-refractivity contribution in [1.82, 2.24) is 5.32 Å². The van der Waals surface area contributed by atoms with Crippen LogP contribution in [0.25, 0.3) is 0 Å². The fourth-order valence-corrected chi connectivity index (χ4v) is 2.34. The molecule has 1 aliphatic rings. The second-order valence-corrected chi connectivity index (χ2v) is 3.72. The van der Waals surface area contributed by atoms with E-state index in [1.807, 2.05) is 18.8 Å². The predicted octanol–water partition coefficient (Wildman–Crippen LogP) is 1.10. The molecule has 48 valence electrons. The van der Waals surface area contributed by atoms with E-state index < -0.39 is 0 Å². The summed E-state index contributed by atoms with van der Waals surface area (Å²) in [5.41, 5.74) is 0.449. The average molecular weight is 131 g/mol. The van der Waals surface area contributed by atoms with Gasteiger partial charge in [-0.3, -0.25) is 0 Å². The van der Waals surface area contributed by atoms with Crippen molar-refractivity contribution in [2.45, 2.75) is 18.9 Å². The van der Waals surface area contributed by atoms with Gasteiger partial charge in [0.05, 0.1) is 0 Å². The molecule has 2 heteroatoms. The smallest absolute Gasteiger partial charge is 0.0248 e. The van der Waals surface area contributed by atoms with E-state index in [0.717, 1.165) is 0 Å². The predicted molar refractivity (Wildman–Crippen MR) is 39.4 cm³/mol. The van der Waals surface area contributed by atoms with Crippen LogP contribution >= 0.6 is 11.8 Å². The summed E-state index contributed by atoms with van der Waals surface area (Å²) in [6, 6.07) is 0. The molecule has 1 N–H and O–H groups in total. The minimum Gasteiger partial charge on any atom is -0.314 e. The molecule has 1 aliphatic heterocycles. The molecule has 0 spiro atoms. The molecule has 0 aromatic carbocycles. The lowest BCUT2D eigenvalue weighted by molar-refractivity contribution is 0.436. The van der Waals surface area contributed by atoms with E-state index in [2.05, 4.69) is 12.2 Å². The maximum atomic E-state index is 3.32. The molecule has 8 heavy (non-hydrogen) atoms. The summed E-state index contributed by atoms with van der Waals surface area (Å²) in [6.07, 6.45) is 1.33. The van der Waals surface area contributed by atoms with Gasteiger partial charge in [-0.1, -0.05) is 0 Å². The molecule has 1 atom stereocenters. The topological polar surface area (TPSA) is 12.0 Å². The Labute approximate surface area is 55.2 Å². The van der Waals surface area contributed by atoms with Gasteiger partial charge in [0.25, 0.3) is 0 Å². The Morgan fingerprint density at radius 1 is 1.62 bits per heavy atom. The third-order valence-corrected chi connectivity index (χ3v) is 3.16. The Kier molecular flexibility index (Phi) is 1.83. The van der Waals surface area contributed by atoms with Crippen molar-refractivity contribution < 1.29 is 0 Å². The van der Waals surface area contributed by atoms with Gasteiger partial charge in [0.2, 0.25) is 0 Å². The average Bonchev–Trinajstić information content (AvgIpc) is 2.17. The highest BCUT2D eigenvalue weighted by molar-refractivity contribution is 7.99. The van der Waals surface area contributed by atoms with Crippen LogP contribution in [0, 0.1) is 0 Å². The van der Waals surface area contributed by atoms with Crippen LogP contribution < -0.4 is 5.32 Å². The summed E-state index contributed by atoms with van der Waals surface area (Å²) in [4.78, 5) is 0. The van der Waals surface area contributed by atoms with Gasteiger partial charge in [0, 0.05) is 11.3 Å². The quantitative estimate of drug-likeness (QED) is 0.572. The van der Waals surface area contributed by atoms with E-state index in [9.17, 15) is 0 Å². The summed E-state index contributed by atoms with van der Waals surface area (Å²) in [6.45, 7) is 2.28. The second-order valence-electron chi connectivity index (χ2n) is 2.61. The lowest BCUT2D eigenvalue weighted by Gasteiger charge is -2.20. The first-order valence-corrected chi connectivity index (χ1v) is 4.19. The first-order chi connectivity index (χ1) is 3.77. The van der Waals surface area contributed by atoms with Gasteiger partial charge in [0.15, 0.2) is 0 Å². The van der Waals surface area contributed by atoms with Gasteiger partial charge in [-0.15, -0.1) is 0 Å². The second kappa shape index (κ2) is 2.28. The van der Waals surface area contributed by atoms with Crippen LogP contribution in [0.1, 0.15) is 13.3 Å². The van der Waals surface area contributed by atoms with Crippen LogP contribution in [0.2, 0.25) is 0 Å². The zero-order chi connectivity index (χ0) is 6.04. The first-order valence-electron chi connectivity index (χ1n) is 3.03. The molecule has 0 aromatic heterocycles. The first kappa shape index (κ1) is 6.43. The summed E-state index contributed by atoms with van der Waals surface area (Å²) in [7, 11) is 2.05. The van der Waals surface area contributed by atoms with Gasteiger partial charge in [0.1, 0.15) is 0 Å². The maximum absolute atomic E-state index is 3.32. The maximum Gasteiger partial charge on any atom is 0.0248 e. The van der Waals surface area contributed by atoms with Gasteiger partial charge < -0.3 is 5.32 Å². The molecule has 0 bridgehead atoms. The Morgan fingerprint density at radius 2 is 2.38 bits per heavy atom. The van der Waals surface area contributed by atoms with E-state index in [4.69, 9.17) is 0 Å². The van der Waals surface area contributed by atoms with Crippen molar-refractivity contribution in [3.8, 4) is 0 Å². The van der Waals surface area contributed by atoms with Crippen LogP contribution in [0.4, 0.5) is 0 Å². The molecular formula is C6H13NS. The third kappa shape index (κ3) is 1.17. The normalized spacial score (nSPS) is 38.2. The van der Waals surface area contributed by atoms with Gasteiger partial charge in [-0.05, 0) is 26.1 Å². The summed E-state index contributed by atoms with van der Waals surface area (Å²) >= 11 is 2.04. The Morgan fingerprint density at radius 3 is 2.62 bits per heavy atom. The molecule has 1 fully saturated rings. The van der Waals surface area contributed by atoms with Crippen molar-refractivity contribution in [1.29, 1.82) is 0 Å². The molecule has 0 amide bonds. The van der Waals surface area contributed by atoms with E-state index in [1.165, 1.54) is 17.9 Å². The summed E-state index contributed by atoms with van der Waals surface area (Å²) < 4.78 is 0. The van der Waals surface area contributed by atoms with Crippen LogP contribution in [-0.4, -0.2) is 24.1 Å². The van der Waals surface area contributed by atoms with Crippen molar-refractivity contribution in [2.24, 2.45) is 0 Å². The Bertz CT molecular complexity index is 76.6. The van der Waals surface area contributed by atoms with Crippen molar-refractivity contribution in [3.05, 3.63) is 0 Å². The molecule has 1 heterocycles. The number of thioether (sulfide) groups is 1. The van der Waals surface area contributed by atoms with Crippen LogP contribution in [0.5, 0.6) is 0 Å². The van der Waals surface area contributed by atoms with Crippen molar-refractivity contribution in [3.63, 3.8) is 0 Å². The largest absolute Gasteiger partial charge is 0.314 e. The molecular weight excluding hydrogens is 118 g/mol. The van der Waals surface area contributed by atoms with Crippen LogP contribution in [0.15, 0.2) is 0 Å². The van der Waals surface area contributed by atoms with Crippen molar-refractivity contribution >= 4 is 11.8 Å². The van der Waals surface area contributed by atoms with E-state index in [-0.39, 0.29) is 0 Å². The molecule has 0 saturated carbocycles. The summed E-state index contributed by atoms with van der Waals surface area (Å²) in [5, 5.41) is 3.32. The van der Waals surface area contributed by atoms with Crippen molar-refractivity contribution in [2.75, 3.05) is 18.6 Å². The molecule has 1 saturated heterocycles. The zero-order valence-corrected chi connectivity index (χ0v) is 6.35. The highest BCUT2D eigenvalue weighted by Gasteiger charge is 2.26. The van der Waals surface area contributed by atoms with E-state index >= 15 is 0 Å². The highest BCUT2D eigenvalue weighted by Crippen LogP contribution is 2.26. The Balaban J connectivity index is 2.40. The highest BCUT2D eigenvalue weighted by atomic mass is 32.2. The SMILES string of the molecule is CNC1(C)CCSC1. The lowest BCUT2D eigenvalue weighted by Crippen LogP contribution is -2.39. The minimum atomic E-state index is 0.449. The molecule has 0 aliphatic carbocycles. The number of nitrogens with one attached hydrogen (secondary N) is 1. The Hall–Kier alpha value is 0.310. The molecule has 0 radical (unpaired) electrons.